The van der Waals surface area contributed by atoms with Gasteiger partial charge in [-0.25, -0.2) is 9.78 Å². The Hall–Kier alpha value is -2.83. The van der Waals surface area contributed by atoms with E-state index in [2.05, 4.69) is 4.98 Å². The summed E-state index contributed by atoms with van der Waals surface area (Å²) in [4.78, 5) is 29.8. The fourth-order valence-electron chi connectivity index (χ4n) is 2.92. The van der Waals surface area contributed by atoms with E-state index in [1.165, 1.54) is 6.39 Å². The largest absolute Gasteiger partial charge is 0.478 e. The number of carboxylic acids is 1. The lowest BCUT2D eigenvalue weighted by Crippen LogP contribution is -2.54. The molecule has 3 rings (SSSR count). The van der Waals surface area contributed by atoms with Gasteiger partial charge in [0.15, 0.2) is 12.1 Å². The monoisotopic (exact) mass is 344 g/mol. The molecule has 0 radical (unpaired) electrons. The van der Waals surface area contributed by atoms with E-state index in [9.17, 15) is 14.7 Å². The van der Waals surface area contributed by atoms with Crippen LogP contribution in [0.4, 0.5) is 0 Å². The van der Waals surface area contributed by atoms with Gasteiger partial charge in [-0.1, -0.05) is 17.7 Å². The number of hydrogen-bond donors (Lipinski definition) is 1. The molecule has 0 unspecified atom stereocenters. The molecule has 7 heteroatoms. The zero-order valence-electron chi connectivity index (χ0n) is 14.2. The fourth-order valence-corrected chi connectivity index (χ4v) is 2.92. The summed E-state index contributed by atoms with van der Waals surface area (Å²) in [5.74, 6) is -0.297. The first-order valence-corrected chi connectivity index (χ1v) is 8.10. The highest BCUT2D eigenvalue weighted by molar-refractivity contribution is 5.93. The number of benzene rings is 1. The first kappa shape index (κ1) is 17.0. The van der Waals surface area contributed by atoms with Crippen LogP contribution < -0.4 is 4.74 Å². The molecule has 1 amide bonds. The van der Waals surface area contributed by atoms with Gasteiger partial charge in [-0.05, 0) is 26.0 Å². The Labute approximate surface area is 145 Å². The molecule has 0 saturated carbocycles. The van der Waals surface area contributed by atoms with Crippen LogP contribution in [0.3, 0.4) is 0 Å². The van der Waals surface area contributed by atoms with Crippen LogP contribution in [-0.4, -0.2) is 45.6 Å². The van der Waals surface area contributed by atoms with Crippen LogP contribution >= 0.6 is 0 Å². The number of amides is 1. The quantitative estimate of drug-likeness (QED) is 0.916. The van der Waals surface area contributed by atoms with Gasteiger partial charge in [0.25, 0.3) is 5.91 Å². The highest BCUT2D eigenvalue weighted by Crippen LogP contribution is 2.30. The number of carbonyl (C=O) groups excluding carboxylic acids is 1. The van der Waals surface area contributed by atoms with E-state index in [4.69, 9.17) is 9.15 Å². The molecule has 2 aromatic rings. The van der Waals surface area contributed by atoms with Gasteiger partial charge in [0.2, 0.25) is 5.60 Å². The number of ether oxygens (including phenoxy) is 1. The summed E-state index contributed by atoms with van der Waals surface area (Å²) in [6.45, 7) is 4.19. The van der Waals surface area contributed by atoms with E-state index in [0.717, 1.165) is 5.56 Å². The van der Waals surface area contributed by atoms with Gasteiger partial charge in [0, 0.05) is 25.9 Å². The third-order valence-electron chi connectivity index (χ3n) is 4.53. The summed E-state index contributed by atoms with van der Waals surface area (Å²) in [6, 6.07) is 7.26. The van der Waals surface area contributed by atoms with Crippen molar-refractivity contribution in [3.05, 3.63) is 47.7 Å². The lowest BCUT2D eigenvalue weighted by molar-refractivity contribution is -0.159. The predicted octanol–water partition coefficient (Wildman–Crippen LogP) is 2.43. The Balaban J connectivity index is 1.72. The molecule has 25 heavy (non-hydrogen) atoms. The van der Waals surface area contributed by atoms with Crippen LogP contribution in [0.2, 0.25) is 0 Å². The van der Waals surface area contributed by atoms with Crippen LogP contribution in [0, 0.1) is 13.8 Å². The zero-order valence-corrected chi connectivity index (χ0v) is 14.2. The summed E-state index contributed by atoms with van der Waals surface area (Å²) in [7, 11) is 0. The number of carboxylic acid groups (broad SMARTS) is 1. The van der Waals surface area contributed by atoms with E-state index < -0.39 is 11.6 Å². The average molecular weight is 344 g/mol. The molecule has 132 valence electrons. The van der Waals surface area contributed by atoms with Crippen molar-refractivity contribution in [2.45, 2.75) is 32.3 Å². The van der Waals surface area contributed by atoms with E-state index >= 15 is 0 Å². The molecular weight excluding hydrogens is 324 g/mol. The molecule has 7 nitrogen and oxygen atoms in total. The molecule has 1 fully saturated rings. The second-order valence-electron chi connectivity index (χ2n) is 6.26. The first-order chi connectivity index (χ1) is 11.9. The first-order valence-electron chi connectivity index (χ1n) is 8.10. The van der Waals surface area contributed by atoms with Crippen molar-refractivity contribution in [1.29, 1.82) is 0 Å². The molecule has 1 saturated heterocycles. The highest BCUT2D eigenvalue weighted by Gasteiger charge is 2.45. The van der Waals surface area contributed by atoms with Crippen LogP contribution in [0.15, 0.2) is 35.1 Å². The molecule has 1 aromatic carbocycles. The Morgan fingerprint density at radius 1 is 1.20 bits per heavy atom. The molecule has 0 spiro atoms. The Bertz CT molecular complexity index is 773. The van der Waals surface area contributed by atoms with E-state index in [-0.39, 0.29) is 37.5 Å². The van der Waals surface area contributed by atoms with Gasteiger partial charge >= 0.3 is 5.97 Å². The number of piperidine rings is 1. The average Bonchev–Trinajstić information content (AvgIpc) is 3.03. The Kier molecular flexibility index (Phi) is 4.48. The molecule has 1 aliphatic rings. The van der Waals surface area contributed by atoms with E-state index in [1.807, 2.05) is 19.1 Å². The normalized spacial score (nSPS) is 16.5. The topological polar surface area (TPSA) is 92.9 Å². The minimum atomic E-state index is -1.33. The van der Waals surface area contributed by atoms with Crippen molar-refractivity contribution >= 4 is 11.9 Å². The Morgan fingerprint density at radius 2 is 1.84 bits per heavy atom. The summed E-state index contributed by atoms with van der Waals surface area (Å²) in [5.41, 5.74) is 0.00709. The van der Waals surface area contributed by atoms with E-state index in [1.54, 1.807) is 24.0 Å². The lowest BCUT2D eigenvalue weighted by Gasteiger charge is -2.38. The smallest absolute Gasteiger partial charge is 0.348 e. The number of rotatable bonds is 4. The van der Waals surface area contributed by atoms with Crippen molar-refractivity contribution in [2.24, 2.45) is 0 Å². The van der Waals surface area contributed by atoms with Gasteiger partial charge in [-0.3, -0.25) is 4.79 Å². The molecule has 0 bridgehead atoms. The third kappa shape index (κ3) is 3.35. The molecule has 1 aromatic heterocycles. The van der Waals surface area contributed by atoms with Crippen molar-refractivity contribution in [3.8, 4) is 5.75 Å². The van der Waals surface area contributed by atoms with Crippen LogP contribution in [-0.2, 0) is 4.79 Å². The Morgan fingerprint density at radius 3 is 2.36 bits per heavy atom. The maximum absolute atomic E-state index is 12.5. The van der Waals surface area contributed by atoms with Gasteiger partial charge in [-0.2, -0.15) is 0 Å². The standard InChI is InChI=1S/C18H20N2O5/c1-12-3-5-14(6-4-12)25-18(17(22)23)7-9-20(10-8-18)16(21)15-13(2)24-11-19-15/h3-6,11H,7-10H2,1-2H3,(H,22,23). The minimum Gasteiger partial charge on any atom is -0.478 e. The number of aryl methyl sites for hydroxylation is 2. The van der Waals surface area contributed by atoms with Crippen molar-refractivity contribution in [2.75, 3.05) is 13.1 Å². The van der Waals surface area contributed by atoms with Gasteiger partial charge in [-0.15, -0.1) is 0 Å². The molecule has 1 N–H and O–H groups in total. The zero-order chi connectivity index (χ0) is 18.0. The van der Waals surface area contributed by atoms with Crippen LogP contribution in [0.1, 0.15) is 34.7 Å². The molecule has 0 atom stereocenters. The lowest BCUT2D eigenvalue weighted by atomic mass is 9.90. The summed E-state index contributed by atoms with van der Waals surface area (Å²) >= 11 is 0. The highest BCUT2D eigenvalue weighted by atomic mass is 16.5. The SMILES string of the molecule is Cc1ccc(OC2(C(=O)O)CCN(C(=O)c3ncoc3C)CC2)cc1. The molecule has 2 heterocycles. The van der Waals surface area contributed by atoms with Crippen molar-refractivity contribution < 1.29 is 23.8 Å². The maximum Gasteiger partial charge on any atom is 0.348 e. The van der Waals surface area contributed by atoms with Gasteiger partial charge in [0.05, 0.1) is 0 Å². The predicted molar refractivity (Wildman–Crippen MR) is 88.6 cm³/mol. The van der Waals surface area contributed by atoms with Gasteiger partial charge in [0.1, 0.15) is 11.5 Å². The number of nitrogens with zero attached hydrogens (tertiary/aromatic N) is 2. The van der Waals surface area contributed by atoms with Crippen LogP contribution in [0.25, 0.3) is 0 Å². The third-order valence-corrected chi connectivity index (χ3v) is 4.53. The van der Waals surface area contributed by atoms with Crippen LogP contribution in [0.5, 0.6) is 5.75 Å². The van der Waals surface area contributed by atoms with Gasteiger partial charge < -0.3 is 19.2 Å². The molecule has 0 aliphatic carbocycles. The summed E-state index contributed by atoms with van der Waals surface area (Å²) in [5, 5.41) is 9.70. The maximum atomic E-state index is 12.5. The van der Waals surface area contributed by atoms with Crippen molar-refractivity contribution in [3.63, 3.8) is 0 Å². The number of oxazole rings is 1. The molecule has 1 aliphatic heterocycles. The van der Waals surface area contributed by atoms with E-state index in [0.29, 0.717) is 11.5 Å². The number of carbonyl (C=O) groups is 2. The summed E-state index contributed by atoms with van der Waals surface area (Å²) in [6.07, 6.45) is 1.65. The summed E-state index contributed by atoms with van der Waals surface area (Å²) < 4.78 is 10.9. The number of aromatic nitrogens is 1. The van der Waals surface area contributed by atoms with Crippen molar-refractivity contribution in [1.82, 2.24) is 9.88 Å². The fraction of sp³-hybridized carbons (Fsp3) is 0.389. The second kappa shape index (κ2) is 6.58. The second-order valence-corrected chi connectivity index (χ2v) is 6.26. The number of hydrogen-bond acceptors (Lipinski definition) is 5. The molecular formula is C18H20N2O5. The number of aliphatic carboxylic acids is 1. The minimum absolute atomic E-state index is 0.207. The number of likely N-dealkylation sites (tertiary alicyclic amines) is 1.